The Morgan fingerprint density at radius 1 is 1.27 bits per heavy atom. The molecular weight excluding hydrogens is 353 g/mol. The summed E-state index contributed by atoms with van der Waals surface area (Å²) in [5, 5.41) is 4.10. The van der Waals surface area contributed by atoms with E-state index in [2.05, 4.69) is 37.9 Å². The first kappa shape index (κ1) is 15.4. The summed E-state index contributed by atoms with van der Waals surface area (Å²) >= 11 is 3.20. The average molecular weight is 370 g/mol. The van der Waals surface area contributed by atoms with Crippen LogP contribution in [0.3, 0.4) is 0 Å². The Morgan fingerprint density at radius 2 is 2.00 bits per heavy atom. The van der Waals surface area contributed by atoms with Crippen LogP contribution >= 0.6 is 15.9 Å². The summed E-state index contributed by atoms with van der Waals surface area (Å²) in [5.41, 5.74) is -0.127. The van der Waals surface area contributed by atoms with Crippen molar-refractivity contribution in [1.82, 2.24) is 24.1 Å². The van der Waals surface area contributed by atoms with Gasteiger partial charge >= 0.3 is 5.69 Å². The van der Waals surface area contributed by atoms with E-state index in [0.29, 0.717) is 11.1 Å². The Balaban J connectivity index is 1.81. The molecule has 1 aromatic heterocycles. The summed E-state index contributed by atoms with van der Waals surface area (Å²) < 4.78 is 17.2. The van der Waals surface area contributed by atoms with E-state index in [1.165, 1.54) is 21.6 Å². The number of nitrogens with zero attached hydrogens (tertiary/aromatic N) is 5. The third-order valence-corrected chi connectivity index (χ3v) is 4.33. The predicted octanol–water partition coefficient (Wildman–Crippen LogP) is 1.14. The Bertz CT molecular complexity index is 720. The van der Waals surface area contributed by atoms with Gasteiger partial charge in [0.25, 0.3) is 0 Å². The minimum absolute atomic E-state index is 0.206. The van der Waals surface area contributed by atoms with E-state index < -0.39 is 5.82 Å². The van der Waals surface area contributed by atoms with E-state index in [1.807, 2.05) is 0 Å². The van der Waals surface area contributed by atoms with E-state index in [4.69, 9.17) is 0 Å². The normalized spacial score (nSPS) is 17.0. The second-order valence-electron chi connectivity index (χ2n) is 5.44. The van der Waals surface area contributed by atoms with Crippen LogP contribution in [0.4, 0.5) is 4.39 Å². The number of piperazine rings is 1. The highest BCUT2D eigenvalue weighted by atomic mass is 79.9. The molecule has 0 saturated carbocycles. The molecule has 3 rings (SSSR count). The van der Waals surface area contributed by atoms with Crippen LogP contribution in [0, 0.1) is 5.82 Å². The molecule has 0 N–H and O–H groups in total. The molecule has 22 heavy (non-hydrogen) atoms. The maximum absolute atomic E-state index is 14.0. The lowest BCUT2D eigenvalue weighted by molar-refractivity contribution is 0.118. The molecule has 118 valence electrons. The van der Waals surface area contributed by atoms with Gasteiger partial charge in [0.15, 0.2) is 0 Å². The molecule has 0 radical (unpaired) electrons. The van der Waals surface area contributed by atoms with Crippen LogP contribution in [0.15, 0.2) is 33.8 Å². The number of hydrogen-bond acceptors (Lipinski definition) is 4. The van der Waals surface area contributed by atoms with Gasteiger partial charge in [-0.2, -0.15) is 9.78 Å². The molecule has 2 aromatic rings. The van der Waals surface area contributed by atoms with Crippen molar-refractivity contribution in [3.8, 4) is 5.69 Å². The van der Waals surface area contributed by atoms with Crippen LogP contribution in [0.2, 0.25) is 0 Å². The zero-order valence-corrected chi connectivity index (χ0v) is 13.8. The van der Waals surface area contributed by atoms with E-state index in [-0.39, 0.29) is 11.4 Å². The molecule has 1 aliphatic rings. The molecule has 0 aliphatic carbocycles. The molecule has 0 spiro atoms. The molecular formula is C14H17BrFN5O. The first-order valence-corrected chi connectivity index (χ1v) is 7.84. The lowest BCUT2D eigenvalue weighted by Gasteiger charge is -2.31. The molecule has 2 heterocycles. The van der Waals surface area contributed by atoms with Crippen molar-refractivity contribution < 1.29 is 4.39 Å². The summed E-state index contributed by atoms with van der Waals surface area (Å²) in [6.45, 7) is 4.15. The highest BCUT2D eigenvalue weighted by molar-refractivity contribution is 9.10. The van der Waals surface area contributed by atoms with Crippen molar-refractivity contribution in [3.63, 3.8) is 0 Å². The van der Waals surface area contributed by atoms with E-state index in [1.54, 1.807) is 12.1 Å². The van der Waals surface area contributed by atoms with Crippen LogP contribution in [0.25, 0.3) is 5.69 Å². The fraction of sp³-hybridized carbons (Fsp3) is 0.429. The lowest BCUT2D eigenvalue weighted by atomic mass is 10.3. The molecule has 6 nitrogen and oxygen atoms in total. The first-order valence-electron chi connectivity index (χ1n) is 7.05. The second kappa shape index (κ2) is 6.31. The van der Waals surface area contributed by atoms with Crippen molar-refractivity contribution in [3.05, 3.63) is 45.3 Å². The smallest absolute Gasteiger partial charge is 0.304 e. The molecule has 0 unspecified atom stereocenters. The monoisotopic (exact) mass is 369 g/mol. The van der Waals surface area contributed by atoms with Crippen molar-refractivity contribution in [1.29, 1.82) is 0 Å². The molecule has 0 bridgehead atoms. The molecule has 1 aliphatic heterocycles. The Hall–Kier alpha value is -1.51. The molecule has 8 heteroatoms. The van der Waals surface area contributed by atoms with Gasteiger partial charge in [-0.15, -0.1) is 0 Å². The number of halogens is 2. The third-order valence-electron chi connectivity index (χ3n) is 3.83. The summed E-state index contributed by atoms with van der Waals surface area (Å²) in [6.07, 6.45) is 1.37. The number of benzene rings is 1. The molecule has 1 aromatic carbocycles. The van der Waals surface area contributed by atoms with Gasteiger partial charge < -0.3 is 4.90 Å². The SMILES string of the molecule is CN1CCN(Cn2ncn(-c3ccc(Br)cc3F)c2=O)CC1. The zero-order chi connectivity index (χ0) is 15.7. The van der Waals surface area contributed by atoms with Crippen LogP contribution in [-0.2, 0) is 6.67 Å². The third kappa shape index (κ3) is 3.13. The van der Waals surface area contributed by atoms with Crippen LogP contribution in [-0.4, -0.2) is 57.4 Å². The summed E-state index contributed by atoms with van der Waals surface area (Å²) in [6, 6.07) is 4.59. The van der Waals surface area contributed by atoms with Gasteiger partial charge in [0.05, 0.1) is 12.4 Å². The number of aromatic nitrogens is 3. The van der Waals surface area contributed by atoms with Gasteiger partial charge in [0.2, 0.25) is 0 Å². The minimum atomic E-state index is -0.462. The van der Waals surface area contributed by atoms with E-state index in [9.17, 15) is 9.18 Å². The number of likely N-dealkylation sites (N-methyl/N-ethyl adjacent to an activating group) is 1. The van der Waals surface area contributed by atoms with Crippen LogP contribution in [0.1, 0.15) is 0 Å². The predicted molar refractivity (Wildman–Crippen MR) is 84.6 cm³/mol. The van der Waals surface area contributed by atoms with Gasteiger partial charge in [0, 0.05) is 30.7 Å². The van der Waals surface area contributed by atoms with Gasteiger partial charge in [-0.25, -0.2) is 13.8 Å². The molecule has 1 fully saturated rings. The zero-order valence-electron chi connectivity index (χ0n) is 12.2. The van der Waals surface area contributed by atoms with E-state index >= 15 is 0 Å². The van der Waals surface area contributed by atoms with Crippen LogP contribution in [0.5, 0.6) is 0 Å². The highest BCUT2D eigenvalue weighted by Crippen LogP contribution is 2.17. The summed E-state index contributed by atoms with van der Waals surface area (Å²) in [4.78, 5) is 16.8. The van der Waals surface area contributed by atoms with Gasteiger partial charge in [0.1, 0.15) is 12.1 Å². The molecule has 0 atom stereocenters. The van der Waals surface area contributed by atoms with Gasteiger partial charge in [-0.05, 0) is 25.2 Å². The summed E-state index contributed by atoms with van der Waals surface area (Å²) in [5.74, 6) is -0.462. The van der Waals surface area contributed by atoms with Crippen molar-refractivity contribution in [2.75, 3.05) is 33.2 Å². The van der Waals surface area contributed by atoms with Crippen molar-refractivity contribution in [2.24, 2.45) is 0 Å². The lowest BCUT2D eigenvalue weighted by Crippen LogP contribution is -2.46. The number of rotatable bonds is 3. The van der Waals surface area contributed by atoms with Gasteiger partial charge in [-0.3, -0.25) is 4.90 Å². The van der Waals surface area contributed by atoms with E-state index in [0.717, 1.165) is 26.2 Å². The quantitative estimate of drug-likeness (QED) is 0.813. The average Bonchev–Trinajstić information content (AvgIpc) is 2.83. The van der Waals surface area contributed by atoms with Gasteiger partial charge in [-0.1, -0.05) is 15.9 Å². The largest absolute Gasteiger partial charge is 0.351 e. The molecule has 0 amide bonds. The minimum Gasteiger partial charge on any atom is -0.304 e. The van der Waals surface area contributed by atoms with Crippen LogP contribution < -0.4 is 5.69 Å². The first-order chi connectivity index (χ1) is 10.5. The standard InChI is InChI=1S/C14H17BrFN5O/c1-18-4-6-19(7-5-18)10-21-14(22)20(9-17-21)13-3-2-11(15)8-12(13)16/h2-3,8-9H,4-7,10H2,1H3. The van der Waals surface area contributed by atoms with Crippen molar-refractivity contribution >= 4 is 15.9 Å². The maximum atomic E-state index is 14.0. The Labute approximate surface area is 135 Å². The number of hydrogen-bond donors (Lipinski definition) is 0. The topological polar surface area (TPSA) is 46.3 Å². The van der Waals surface area contributed by atoms with Crippen molar-refractivity contribution in [2.45, 2.75) is 6.67 Å². The second-order valence-corrected chi connectivity index (χ2v) is 6.36. The highest BCUT2D eigenvalue weighted by Gasteiger charge is 2.17. The fourth-order valence-corrected chi connectivity index (χ4v) is 2.79. The Morgan fingerprint density at radius 3 is 2.68 bits per heavy atom. The fourth-order valence-electron chi connectivity index (χ4n) is 2.45. The Kier molecular flexibility index (Phi) is 4.42. The maximum Gasteiger partial charge on any atom is 0.351 e. The summed E-state index contributed by atoms with van der Waals surface area (Å²) in [7, 11) is 2.08. The molecule has 1 saturated heterocycles.